The molecule has 0 unspecified atom stereocenters. The van der Waals surface area contributed by atoms with E-state index in [-0.39, 0.29) is 24.2 Å². The molecule has 1 amide bonds. The molecular formula is C26H20FN5O2. The van der Waals surface area contributed by atoms with Crippen molar-refractivity contribution in [1.82, 2.24) is 14.5 Å². The zero-order valence-electron chi connectivity index (χ0n) is 18.3. The third-order valence-corrected chi connectivity index (χ3v) is 5.66. The van der Waals surface area contributed by atoms with Gasteiger partial charge in [-0.15, -0.1) is 0 Å². The molecule has 0 saturated heterocycles. The molecule has 0 bridgehead atoms. The Hall–Kier alpha value is -4.51. The Morgan fingerprint density at radius 3 is 2.56 bits per heavy atom. The summed E-state index contributed by atoms with van der Waals surface area (Å²) in [5, 5.41) is 7.04. The van der Waals surface area contributed by atoms with E-state index in [2.05, 4.69) is 32.4 Å². The van der Waals surface area contributed by atoms with Gasteiger partial charge in [-0.05, 0) is 49.2 Å². The Balaban J connectivity index is 1.48. The standard InChI is InChI=1S/C26H20FN5O2/c1-28-24-21-16-29-22(31-25(34)26(27)11-12-26)14-20(21)18(15-30-24)8-5-17-6-9-19(10-7-17)32-13-3-2-4-23(32)33/h2-4,6-7,9-10,13-16H,11-12H2,1H3,(H,28,30)(H,29,31,34). The summed E-state index contributed by atoms with van der Waals surface area (Å²) >= 11 is 0. The van der Waals surface area contributed by atoms with Crippen molar-refractivity contribution < 1.29 is 9.18 Å². The van der Waals surface area contributed by atoms with Crippen molar-refractivity contribution in [3.63, 3.8) is 0 Å². The first-order valence-corrected chi connectivity index (χ1v) is 10.7. The average Bonchev–Trinajstić information content (AvgIpc) is 3.62. The zero-order valence-corrected chi connectivity index (χ0v) is 18.3. The van der Waals surface area contributed by atoms with Crippen LogP contribution >= 0.6 is 0 Å². The Morgan fingerprint density at radius 1 is 1.06 bits per heavy atom. The van der Waals surface area contributed by atoms with Crippen molar-refractivity contribution in [3.05, 3.63) is 88.6 Å². The quantitative estimate of drug-likeness (QED) is 0.461. The molecule has 0 radical (unpaired) electrons. The lowest BCUT2D eigenvalue weighted by atomic mass is 10.1. The largest absolute Gasteiger partial charge is 0.373 e. The molecule has 1 saturated carbocycles. The van der Waals surface area contributed by atoms with Crippen LogP contribution in [0.2, 0.25) is 0 Å². The molecule has 7 nitrogen and oxygen atoms in total. The first kappa shape index (κ1) is 21.3. The number of pyridine rings is 3. The van der Waals surface area contributed by atoms with E-state index >= 15 is 0 Å². The van der Waals surface area contributed by atoms with Crippen molar-refractivity contribution in [3.8, 4) is 17.5 Å². The van der Waals surface area contributed by atoms with Crippen LogP contribution in [0.5, 0.6) is 0 Å². The van der Waals surface area contributed by atoms with Gasteiger partial charge in [-0.3, -0.25) is 14.2 Å². The molecule has 1 fully saturated rings. The Bertz CT molecular complexity index is 1530. The van der Waals surface area contributed by atoms with Crippen LogP contribution in [0.15, 0.2) is 71.9 Å². The number of nitrogens with one attached hydrogen (secondary N) is 2. The van der Waals surface area contributed by atoms with Crippen molar-refractivity contribution in [1.29, 1.82) is 0 Å². The third-order valence-electron chi connectivity index (χ3n) is 5.66. The maximum Gasteiger partial charge on any atom is 0.263 e. The van der Waals surface area contributed by atoms with Gasteiger partial charge >= 0.3 is 0 Å². The molecule has 3 aromatic heterocycles. The molecule has 1 aliphatic rings. The van der Waals surface area contributed by atoms with Crippen LogP contribution in [-0.2, 0) is 4.79 Å². The molecule has 4 aromatic rings. The van der Waals surface area contributed by atoms with E-state index in [1.165, 1.54) is 6.07 Å². The van der Waals surface area contributed by atoms with E-state index in [0.717, 1.165) is 22.0 Å². The molecule has 0 spiro atoms. The number of benzene rings is 1. The van der Waals surface area contributed by atoms with Crippen molar-refractivity contribution in [2.24, 2.45) is 0 Å². The van der Waals surface area contributed by atoms with Gasteiger partial charge in [0.05, 0.1) is 5.56 Å². The number of hydrogen-bond donors (Lipinski definition) is 2. The van der Waals surface area contributed by atoms with Crippen LogP contribution in [0.4, 0.5) is 16.0 Å². The summed E-state index contributed by atoms with van der Waals surface area (Å²) in [5.41, 5.74) is 0.241. The van der Waals surface area contributed by atoms with E-state index in [1.807, 2.05) is 24.3 Å². The van der Waals surface area contributed by atoms with Crippen LogP contribution in [0.1, 0.15) is 24.0 Å². The van der Waals surface area contributed by atoms with E-state index < -0.39 is 11.6 Å². The molecule has 1 aliphatic carbocycles. The van der Waals surface area contributed by atoms with Crippen LogP contribution in [0.25, 0.3) is 16.5 Å². The number of alkyl halides is 1. The van der Waals surface area contributed by atoms with Crippen LogP contribution in [-0.4, -0.2) is 33.2 Å². The van der Waals surface area contributed by atoms with E-state index in [0.29, 0.717) is 11.4 Å². The molecule has 0 aliphatic heterocycles. The molecule has 8 heteroatoms. The first-order chi connectivity index (χ1) is 16.5. The number of fused-ring (bicyclic) bond motifs is 1. The maximum atomic E-state index is 14.1. The molecule has 1 aromatic carbocycles. The lowest BCUT2D eigenvalue weighted by Gasteiger charge is -2.10. The fraction of sp³-hybridized carbons (Fsp3) is 0.154. The Morgan fingerprint density at radius 2 is 1.85 bits per heavy atom. The minimum atomic E-state index is -1.79. The highest BCUT2D eigenvalue weighted by Crippen LogP contribution is 2.40. The summed E-state index contributed by atoms with van der Waals surface area (Å²) in [7, 11) is 1.75. The zero-order chi connectivity index (χ0) is 23.7. The lowest BCUT2D eigenvalue weighted by molar-refractivity contribution is -0.122. The molecule has 5 rings (SSSR count). The fourth-order valence-corrected chi connectivity index (χ4v) is 3.55. The number of amides is 1. The number of anilines is 2. The van der Waals surface area contributed by atoms with E-state index in [9.17, 15) is 14.0 Å². The second kappa shape index (κ2) is 8.45. The highest BCUT2D eigenvalue weighted by atomic mass is 19.1. The fourth-order valence-electron chi connectivity index (χ4n) is 3.55. The second-order valence-electron chi connectivity index (χ2n) is 8.01. The van der Waals surface area contributed by atoms with Gasteiger partial charge in [0.15, 0.2) is 5.67 Å². The third kappa shape index (κ3) is 4.11. The number of halogens is 1. The number of hydrogen-bond acceptors (Lipinski definition) is 5. The maximum absolute atomic E-state index is 14.1. The summed E-state index contributed by atoms with van der Waals surface area (Å²) in [5.74, 6) is 6.44. The highest BCUT2D eigenvalue weighted by molar-refractivity contribution is 6.01. The van der Waals surface area contributed by atoms with Crippen molar-refractivity contribution in [2.75, 3.05) is 17.7 Å². The number of carbonyl (C=O) groups excluding carboxylic acids is 1. The molecular weight excluding hydrogens is 433 g/mol. The summed E-state index contributed by atoms with van der Waals surface area (Å²) in [6.45, 7) is 0. The number of nitrogens with zero attached hydrogens (tertiary/aromatic N) is 3. The Kier molecular flexibility index (Phi) is 5.30. The van der Waals surface area contributed by atoms with Crippen LogP contribution < -0.4 is 16.2 Å². The predicted octanol–water partition coefficient (Wildman–Crippen LogP) is 3.66. The van der Waals surface area contributed by atoms with Crippen LogP contribution in [0, 0.1) is 11.8 Å². The normalized spacial score (nSPS) is 13.6. The summed E-state index contributed by atoms with van der Waals surface area (Å²) in [4.78, 5) is 32.8. The molecule has 168 valence electrons. The SMILES string of the molecule is CNc1ncc(C#Cc2ccc(-n3ccccc3=O)cc2)c2cc(NC(=O)C3(F)CC3)ncc12. The lowest BCUT2D eigenvalue weighted by Crippen LogP contribution is -2.25. The van der Waals surface area contributed by atoms with Gasteiger partial charge in [-0.25, -0.2) is 14.4 Å². The molecule has 2 N–H and O–H groups in total. The van der Waals surface area contributed by atoms with Crippen molar-refractivity contribution >= 4 is 28.3 Å². The monoisotopic (exact) mass is 453 g/mol. The van der Waals surface area contributed by atoms with Gasteiger partial charge in [-0.2, -0.15) is 0 Å². The topological polar surface area (TPSA) is 88.9 Å². The number of aromatic nitrogens is 3. The van der Waals surface area contributed by atoms with Gasteiger partial charge < -0.3 is 10.6 Å². The summed E-state index contributed by atoms with van der Waals surface area (Å²) < 4.78 is 15.6. The summed E-state index contributed by atoms with van der Waals surface area (Å²) in [6.07, 6.45) is 5.40. The molecule has 3 heterocycles. The summed E-state index contributed by atoms with van der Waals surface area (Å²) in [6, 6.07) is 14.0. The molecule has 0 atom stereocenters. The van der Waals surface area contributed by atoms with Gasteiger partial charge in [0, 0.05) is 53.7 Å². The van der Waals surface area contributed by atoms with Gasteiger partial charge in [0.1, 0.15) is 11.6 Å². The predicted molar refractivity (Wildman–Crippen MR) is 129 cm³/mol. The van der Waals surface area contributed by atoms with Crippen molar-refractivity contribution in [2.45, 2.75) is 18.5 Å². The highest BCUT2D eigenvalue weighted by Gasteiger charge is 2.51. The van der Waals surface area contributed by atoms with E-state index in [1.54, 1.807) is 48.4 Å². The van der Waals surface area contributed by atoms with Gasteiger partial charge in [0.2, 0.25) is 0 Å². The average molecular weight is 453 g/mol. The molecule has 34 heavy (non-hydrogen) atoms. The Labute approximate surface area is 194 Å². The van der Waals surface area contributed by atoms with E-state index in [4.69, 9.17) is 0 Å². The number of rotatable bonds is 4. The van der Waals surface area contributed by atoms with Gasteiger partial charge in [0.25, 0.3) is 11.5 Å². The number of carbonyl (C=O) groups is 1. The first-order valence-electron chi connectivity index (χ1n) is 10.7. The minimum absolute atomic E-state index is 0.111. The van der Waals surface area contributed by atoms with Gasteiger partial charge in [-0.1, -0.05) is 17.9 Å². The second-order valence-corrected chi connectivity index (χ2v) is 8.01. The minimum Gasteiger partial charge on any atom is -0.373 e. The van der Waals surface area contributed by atoms with Crippen LogP contribution in [0.3, 0.4) is 0 Å². The smallest absolute Gasteiger partial charge is 0.263 e.